The van der Waals surface area contributed by atoms with E-state index in [1.165, 1.54) is 6.21 Å². The first-order valence-electron chi connectivity index (χ1n) is 9.77. The number of rotatable bonds is 10. The number of nitrogens with zero attached hydrogens (tertiary/aromatic N) is 1. The van der Waals surface area contributed by atoms with Gasteiger partial charge in [-0.15, -0.1) is 0 Å². The summed E-state index contributed by atoms with van der Waals surface area (Å²) >= 11 is 8.08. The van der Waals surface area contributed by atoms with E-state index in [9.17, 15) is 9.59 Å². The highest BCUT2D eigenvalue weighted by Gasteiger charge is 2.24. The number of ether oxygens (including phenoxy) is 2. The zero-order valence-corrected chi connectivity index (χ0v) is 20.9. The van der Waals surface area contributed by atoms with Crippen LogP contribution >= 0.6 is 34.2 Å². The van der Waals surface area contributed by atoms with Crippen LogP contribution in [-0.2, 0) is 4.79 Å². The molecule has 2 aromatic carbocycles. The minimum atomic E-state index is -0.775. The molecule has 0 aromatic heterocycles. The predicted molar refractivity (Wildman–Crippen MR) is 135 cm³/mol. The normalized spacial score (nSPS) is 11.8. The second-order valence-electron chi connectivity index (χ2n) is 7.07. The summed E-state index contributed by atoms with van der Waals surface area (Å²) in [6.45, 7) is 7.66. The third kappa shape index (κ3) is 7.23. The Morgan fingerprint density at radius 1 is 1.28 bits per heavy atom. The van der Waals surface area contributed by atoms with Gasteiger partial charge in [0.25, 0.3) is 11.8 Å². The molecule has 9 heteroatoms. The summed E-state index contributed by atoms with van der Waals surface area (Å²) in [4.78, 5) is 25.2. The molecule has 2 aromatic rings. The molecule has 0 radical (unpaired) electrons. The van der Waals surface area contributed by atoms with Crippen LogP contribution in [0.4, 0.5) is 0 Å². The van der Waals surface area contributed by atoms with Crippen LogP contribution in [0.5, 0.6) is 11.5 Å². The maximum absolute atomic E-state index is 12.6. The molecule has 0 saturated carbocycles. The second-order valence-corrected chi connectivity index (χ2v) is 8.67. The van der Waals surface area contributed by atoms with E-state index in [1.807, 2.05) is 19.9 Å². The number of amides is 2. The van der Waals surface area contributed by atoms with Gasteiger partial charge in [-0.2, -0.15) is 5.10 Å². The van der Waals surface area contributed by atoms with Crippen molar-refractivity contribution in [1.29, 1.82) is 0 Å². The van der Waals surface area contributed by atoms with Crippen molar-refractivity contribution in [2.75, 3.05) is 13.7 Å². The van der Waals surface area contributed by atoms with Gasteiger partial charge in [-0.05, 0) is 64.4 Å². The highest BCUT2D eigenvalue weighted by Crippen LogP contribution is 2.33. The molecule has 0 aliphatic rings. The largest absolute Gasteiger partial charge is 0.493 e. The number of methoxy groups -OCH3 is 1. The van der Waals surface area contributed by atoms with Gasteiger partial charge in [0, 0.05) is 10.6 Å². The number of hydrazone groups is 1. The predicted octanol–water partition coefficient (Wildman–Crippen LogP) is 4.42. The minimum absolute atomic E-state index is 0.157. The highest BCUT2D eigenvalue weighted by atomic mass is 127. The zero-order chi connectivity index (χ0) is 23.7. The molecule has 32 heavy (non-hydrogen) atoms. The van der Waals surface area contributed by atoms with Gasteiger partial charge in [0.2, 0.25) is 0 Å². The van der Waals surface area contributed by atoms with Crippen molar-refractivity contribution in [3.63, 3.8) is 0 Å². The molecule has 0 heterocycles. The quantitative estimate of drug-likeness (QED) is 0.192. The van der Waals surface area contributed by atoms with Gasteiger partial charge in [0.1, 0.15) is 12.6 Å². The Hall–Kier alpha value is -2.59. The molecule has 1 atom stereocenters. The van der Waals surface area contributed by atoms with E-state index in [1.54, 1.807) is 43.5 Å². The minimum Gasteiger partial charge on any atom is -0.493 e. The third-order valence-corrected chi connectivity index (χ3v) is 5.34. The Balaban J connectivity index is 2.09. The van der Waals surface area contributed by atoms with E-state index < -0.39 is 11.9 Å². The number of hydrogen-bond donors (Lipinski definition) is 2. The molecule has 170 valence electrons. The molecule has 0 aliphatic carbocycles. The molecule has 7 nitrogen and oxygen atoms in total. The Labute approximate surface area is 206 Å². The Morgan fingerprint density at radius 2 is 2.03 bits per heavy atom. The van der Waals surface area contributed by atoms with Crippen LogP contribution < -0.4 is 20.2 Å². The fraction of sp³-hybridized carbons (Fsp3) is 0.261. The average Bonchev–Trinajstić information content (AvgIpc) is 2.75. The van der Waals surface area contributed by atoms with Crippen LogP contribution in [0.3, 0.4) is 0 Å². The number of nitrogens with one attached hydrogen (secondary N) is 2. The molecule has 0 saturated heterocycles. The lowest BCUT2D eigenvalue weighted by atomic mass is 10.0. The average molecular weight is 570 g/mol. The first-order valence-corrected chi connectivity index (χ1v) is 11.2. The fourth-order valence-electron chi connectivity index (χ4n) is 2.73. The van der Waals surface area contributed by atoms with Crippen molar-refractivity contribution in [3.05, 3.63) is 68.8 Å². The number of halogens is 2. The number of benzene rings is 2. The molecule has 2 amide bonds. The summed E-state index contributed by atoms with van der Waals surface area (Å²) in [5.74, 6) is 0.174. The fourth-order valence-corrected chi connectivity index (χ4v) is 3.70. The number of carbonyl (C=O) groups is 2. The van der Waals surface area contributed by atoms with Gasteiger partial charge in [-0.1, -0.05) is 44.2 Å². The van der Waals surface area contributed by atoms with E-state index in [0.717, 1.165) is 3.57 Å². The first kappa shape index (κ1) is 25.7. The molecule has 0 spiro atoms. The van der Waals surface area contributed by atoms with Crippen molar-refractivity contribution < 1.29 is 19.1 Å². The number of hydrogen-bond acceptors (Lipinski definition) is 5. The van der Waals surface area contributed by atoms with Gasteiger partial charge in [-0.3, -0.25) is 9.59 Å². The molecule has 0 aliphatic heterocycles. The number of carbonyl (C=O) groups excluding carboxylic acids is 2. The summed E-state index contributed by atoms with van der Waals surface area (Å²) in [5.41, 5.74) is 3.57. The Bertz CT molecular complexity index is 1010. The van der Waals surface area contributed by atoms with Crippen molar-refractivity contribution >= 4 is 52.2 Å². The van der Waals surface area contributed by atoms with Crippen LogP contribution in [0.15, 0.2) is 54.2 Å². The van der Waals surface area contributed by atoms with Crippen molar-refractivity contribution in [3.8, 4) is 11.5 Å². The van der Waals surface area contributed by atoms with Crippen LogP contribution in [0.25, 0.3) is 0 Å². The molecule has 2 N–H and O–H groups in total. The molecular formula is C23H25ClIN3O4. The van der Waals surface area contributed by atoms with E-state index in [0.29, 0.717) is 34.3 Å². The first-order chi connectivity index (χ1) is 15.3. The van der Waals surface area contributed by atoms with Gasteiger partial charge in [-0.25, -0.2) is 5.43 Å². The van der Waals surface area contributed by atoms with Crippen molar-refractivity contribution in [2.45, 2.75) is 19.9 Å². The monoisotopic (exact) mass is 569 g/mol. The lowest BCUT2D eigenvalue weighted by Crippen LogP contribution is -2.48. The molecule has 0 bridgehead atoms. The van der Waals surface area contributed by atoms with Crippen LogP contribution in [0, 0.1) is 9.49 Å². The SMILES string of the molecule is C=CCOc1c(I)cc(C=NNC(=O)C(NC(=O)c2cccc(Cl)c2)C(C)C)cc1OC. The van der Waals surface area contributed by atoms with E-state index in [4.69, 9.17) is 21.1 Å². The second kappa shape index (κ2) is 12.4. The van der Waals surface area contributed by atoms with E-state index in [-0.39, 0.29) is 11.8 Å². The summed E-state index contributed by atoms with van der Waals surface area (Å²) in [6.07, 6.45) is 3.15. The lowest BCUT2D eigenvalue weighted by molar-refractivity contribution is -0.123. The van der Waals surface area contributed by atoms with E-state index >= 15 is 0 Å². The Morgan fingerprint density at radius 3 is 2.66 bits per heavy atom. The maximum atomic E-state index is 12.6. The van der Waals surface area contributed by atoms with Crippen molar-refractivity contribution in [2.24, 2.45) is 11.0 Å². The van der Waals surface area contributed by atoms with E-state index in [2.05, 4.69) is 45.0 Å². The highest BCUT2D eigenvalue weighted by molar-refractivity contribution is 14.1. The standard InChI is InChI=1S/C23H25ClIN3O4/c1-5-9-32-21-18(25)10-15(11-19(21)31-4)13-26-28-23(30)20(14(2)3)27-22(29)16-7-6-8-17(24)12-16/h5-8,10-14,20H,1,9H2,2-4H3,(H,27,29)(H,28,30). The lowest BCUT2D eigenvalue weighted by Gasteiger charge is -2.20. The molecular weight excluding hydrogens is 545 g/mol. The zero-order valence-electron chi connectivity index (χ0n) is 18.0. The summed E-state index contributed by atoms with van der Waals surface area (Å²) < 4.78 is 11.8. The van der Waals surface area contributed by atoms with Crippen LogP contribution in [0.2, 0.25) is 5.02 Å². The molecule has 1 unspecified atom stereocenters. The maximum Gasteiger partial charge on any atom is 0.262 e. The van der Waals surface area contributed by atoms with Crippen LogP contribution in [0.1, 0.15) is 29.8 Å². The summed E-state index contributed by atoms with van der Waals surface area (Å²) in [6, 6.07) is 9.34. The molecule has 2 rings (SSSR count). The summed E-state index contributed by atoms with van der Waals surface area (Å²) in [5, 5.41) is 7.21. The van der Waals surface area contributed by atoms with Crippen LogP contribution in [-0.4, -0.2) is 37.8 Å². The van der Waals surface area contributed by atoms with Gasteiger partial charge in [0.05, 0.1) is 16.9 Å². The van der Waals surface area contributed by atoms with Gasteiger partial charge in [0.15, 0.2) is 11.5 Å². The topological polar surface area (TPSA) is 89.0 Å². The third-order valence-electron chi connectivity index (χ3n) is 4.31. The van der Waals surface area contributed by atoms with Crippen molar-refractivity contribution in [1.82, 2.24) is 10.7 Å². The Kier molecular flexibility index (Phi) is 9.98. The van der Waals surface area contributed by atoms with Gasteiger partial charge >= 0.3 is 0 Å². The summed E-state index contributed by atoms with van der Waals surface area (Å²) in [7, 11) is 1.55. The smallest absolute Gasteiger partial charge is 0.262 e. The molecule has 0 fully saturated rings. The van der Waals surface area contributed by atoms with Gasteiger partial charge < -0.3 is 14.8 Å².